The quantitative estimate of drug-likeness (QED) is 0.834. The molecule has 0 spiro atoms. The summed E-state index contributed by atoms with van der Waals surface area (Å²) in [5.74, 6) is 0.396. The molecule has 1 aliphatic rings. The number of carbonyl (C=O) groups is 1. The summed E-state index contributed by atoms with van der Waals surface area (Å²) in [7, 11) is 1.56. The molecule has 0 heterocycles. The monoisotopic (exact) mass is 277 g/mol. The molecule has 2 unspecified atom stereocenters. The Bertz CT molecular complexity index is 473. The molecule has 1 amide bonds. The zero-order valence-electron chi connectivity index (χ0n) is 12.2. The van der Waals surface area contributed by atoms with Crippen molar-refractivity contribution in [3.63, 3.8) is 0 Å². The van der Waals surface area contributed by atoms with Crippen LogP contribution in [0.25, 0.3) is 0 Å². The van der Waals surface area contributed by atoms with Crippen LogP contribution in [-0.4, -0.2) is 30.3 Å². The molecule has 0 bridgehead atoms. The van der Waals surface area contributed by atoms with E-state index in [4.69, 9.17) is 4.74 Å². The fraction of sp³-hybridized carbons (Fsp3) is 0.562. The van der Waals surface area contributed by atoms with Crippen LogP contribution in [0.4, 0.5) is 0 Å². The Labute approximate surface area is 120 Å². The summed E-state index contributed by atoms with van der Waals surface area (Å²) in [5, 5.41) is 13.0. The van der Waals surface area contributed by atoms with Gasteiger partial charge in [-0.2, -0.15) is 0 Å². The summed E-state index contributed by atoms with van der Waals surface area (Å²) in [6.07, 6.45) is 4.35. The lowest BCUT2D eigenvalue weighted by atomic mass is 10.0. The number of benzene rings is 1. The van der Waals surface area contributed by atoms with Gasteiger partial charge in [0.2, 0.25) is 0 Å². The molecule has 1 aromatic rings. The van der Waals surface area contributed by atoms with Crippen molar-refractivity contribution in [1.29, 1.82) is 0 Å². The van der Waals surface area contributed by atoms with Crippen molar-refractivity contribution in [3.8, 4) is 5.75 Å². The van der Waals surface area contributed by atoms with Crippen LogP contribution in [0.3, 0.4) is 0 Å². The molecular formula is C16H23NO3. The summed E-state index contributed by atoms with van der Waals surface area (Å²) in [4.78, 5) is 12.4. The van der Waals surface area contributed by atoms with Gasteiger partial charge in [0, 0.05) is 0 Å². The number of methoxy groups -OCH3 is 1. The van der Waals surface area contributed by atoms with Gasteiger partial charge in [0.05, 0.1) is 24.8 Å². The Morgan fingerprint density at radius 1 is 1.30 bits per heavy atom. The molecule has 2 atom stereocenters. The normalized spacial score (nSPS) is 22.9. The van der Waals surface area contributed by atoms with E-state index in [1.807, 2.05) is 19.1 Å². The van der Waals surface area contributed by atoms with Crippen LogP contribution in [0.2, 0.25) is 0 Å². The third kappa shape index (κ3) is 3.51. The van der Waals surface area contributed by atoms with Gasteiger partial charge >= 0.3 is 0 Å². The van der Waals surface area contributed by atoms with E-state index in [0.717, 1.165) is 37.7 Å². The van der Waals surface area contributed by atoms with Crippen molar-refractivity contribution in [1.82, 2.24) is 5.32 Å². The van der Waals surface area contributed by atoms with E-state index in [1.54, 1.807) is 13.2 Å². The highest BCUT2D eigenvalue weighted by molar-refractivity contribution is 5.97. The average Bonchev–Trinajstić information content (AvgIpc) is 2.64. The lowest BCUT2D eigenvalue weighted by Gasteiger charge is -2.22. The number of hydrogen-bond donors (Lipinski definition) is 2. The number of aliphatic hydroxyl groups excluding tert-OH is 1. The molecule has 2 N–H and O–H groups in total. The van der Waals surface area contributed by atoms with Crippen LogP contribution in [0, 0.1) is 6.92 Å². The van der Waals surface area contributed by atoms with Gasteiger partial charge < -0.3 is 15.2 Å². The predicted molar refractivity (Wildman–Crippen MR) is 78.1 cm³/mol. The van der Waals surface area contributed by atoms with Crippen molar-refractivity contribution in [2.45, 2.75) is 51.2 Å². The number of aryl methyl sites for hydroxylation is 1. The minimum Gasteiger partial charge on any atom is -0.496 e. The third-order valence-corrected chi connectivity index (χ3v) is 3.90. The van der Waals surface area contributed by atoms with Gasteiger partial charge in [-0.1, -0.05) is 30.9 Å². The Kier molecular flexibility index (Phi) is 5.01. The molecule has 0 radical (unpaired) electrons. The van der Waals surface area contributed by atoms with Crippen molar-refractivity contribution < 1.29 is 14.6 Å². The maximum atomic E-state index is 12.4. The number of nitrogens with one attached hydrogen (secondary N) is 1. The summed E-state index contributed by atoms with van der Waals surface area (Å²) in [5.41, 5.74) is 1.54. The van der Waals surface area contributed by atoms with Crippen molar-refractivity contribution in [3.05, 3.63) is 29.3 Å². The van der Waals surface area contributed by atoms with E-state index in [-0.39, 0.29) is 11.9 Å². The van der Waals surface area contributed by atoms with E-state index in [1.165, 1.54) is 0 Å². The van der Waals surface area contributed by atoms with E-state index in [9.17, 15) is 9.90 Å². The van der Waals surface area contributed by atoms with Crippen LogP contribution < -0.4 is 10.1 Å². The molecule has 110 valence electrons. The number of aliphatic hydroxyl groups is 1. The van der Waals surface area contributed by atoms with Crippen LogP contribution in [0.15, 0.2) is 18.2 Å². The van der Waals surface area contributed by atoms with E-state index in [0.29, 0.717) is 11.3 Å². The summed E-state index contributed by atoms with van der Waals surface area (Å²) >= 11 is 0. The minimum absolute atomic E-state index is 0.157. The molecule has 1 aromatic carbocycles. The van der Waals surface area contributed by atoms with Crippen LogP contribution >= 0.6 is 0 Å². The Hall–Kier alpha value is -1.55. The number of carbonyl (C=O) groups excluding carboxylic acids is 1. The van der Waals surface area contributed by atoms with Gasteiger partial charge in [0.1, 0.15) is 5.75 Å². The van der Waals surface area contributed by atoms with Gasteiger partial charge in [-0.15, -0.1) is 0 Å². The maximum Gasteiger partial charge on any atom is 0.255 e. The van der Waals surface area contributed by atoms with Crippen molar-refractivity contribution >= 4 is 5.91 Å². The highest BCUT2D eigenvalue weighted by atomic mass is 16.5. The SMILES string of the molecule is COc1ccc(C)cc1C(=O)NC1CCCCCC1O. The van der Waals surface area contributed by atoms with E-state index >= 15 is 0 Å². The lowest BCUT2D eigenvalue weighted by Crippen LogP contribution is -2.42. The zero-order valence-corrected chi connectivity index (χ0v) is 12.2. The standard InChI is InChI=1S/C16H23NO3/c1-11-8-9-15(20-2)12(10-11)16(19)17-13-6-4-3-5-7-14(13)18/h8-10,13-14,18H,3-7H2,1-2H3,(H,17,19). The van der Waals surface area contributed by atoms with Gasteiger partial charge in [0.15, 0.2) is 0 Å². The summed E-state index contributed by atoms with van der Waals surface area (Å²) in [6, 6.07) is 5.37. The Morgan fingerprint density at radius 3 is 2.80 bits per heavy atom. The predicted octanol–water partition coefficient (Wildman–Crippen LogP) is 2.43. The second kappa shape index (κ2) is 6.75. The molecule has 4 heteroatoms. The van der Waals surface area contributed by atoms with Gasteiger partial charge in [-0.25, -0.2) is 0 Å². The molecule has 0 aromatic heterocycles. The van der Waals surface area contributed by atoms with Crippen molar-refractivity contribution in [2.24, 2.45) is 0 Å². The smallest absolute Gasteiger partial charge is 0.255 e. The number of ether oxygens (including phenoxy) is 1. The molecule has 4 nitrogen and oxygen atoms in total. The Morgan fingerprint density at radius 2 is 2.05 bits per heavy atom. The number of amides is 1. The fourth-order valence-corrected chi connectivity index (χ4v) is 2.70. The van der Waals surface area contributed by atoms with Crippen LogP contribution in [0.5, 0.6) is 5.75 Å². The van der Waals surface area contributed by atoms with Gasteiger partial charge in [-0.05, 0) is 31.9 Å². The largest absolute Gasteiger partial charge is 0.496 e. The molecule has 1 saturated carbocycles. The Balaban J connectivity index is 2.12. The zero-order chi connectivity index (χ0) is 14.5. The first-order valence-corrected chi connectivity index (χ1v) is 7.25. The summed E-state index contributed by atoms with van der Waals surface area (Å²) in [6.45, 7) is 1.94. The second-order valence-electron chi connectivity index (χ2n) is 5.49. The van der Waals surface area contributed by atoms with E-state index in [2.05, 4.69) is 5.32 Å². The third-order valence-electron chi connectivity index (χ3n) is 3.90. The van der Waals surface area contributed by atoms with Gasteiger partial charge in [0.25, 0.3) is 5.91 Å². The van der Waals surface area contributed by atoms with Gasteiger partial charge in [-0.3, -0.25) is 4.79 Å². The summed E-state index contributed by atoms with van der Waals surface area (Å²) < 4.78 is 5.24. The average molecular weight is 277 g/mol. The molecule has 1 aliphatic carbocycles. The highest BCUT2D eigenvalue weighted by Gasteiger charge is 2.24. The topological polar surface area (TPSA) is 58.6 Å². The highest BCUT2D eigenvalue weighted by Crippen LogP contribution is 2.22. The molecular weight excluding hydrogens is 254 g/mol. The number of rotatable bonds is 3. The first-order valence-electron chi connectivity index (χ1n) is 7.25. The first kappa shape index (κ1) is 14.9. The molecule has 20 heavy (non-hydrogen) atoms. The molecule has 1 fully saturated rings. The van der Waals surface area contributed by atoms with Crippen LogP contribution in [0.1, 0.15) is 48.0 Å². The molecule has 2 rings (SSSR count). The lowest BCUT2D eigenvalue weighted by molar-refractivity contribution is 0.0816. The van der Waals surface area contributed by atoms with Crippen molar-refractivity contribution in [2.75, 3.05) is 7.11 Å². The molecule has 0 saturated heterocycles. The van der Waals surface area contributed by atoms with Crippen LogP contribution in [-0.2, 0) is 0 Å². The number of hydrogen-bond acceptors (Lipinski definition) is 3. The molecule has 0 aliphatic heterocycles. The first-order chi connectivity index (χ1) is 9.61. The second-order valence-corrected chi connectivity index (χ2v) is 5.49. The van der Waals surface area contributed by atoms with E-state index < -0.39 is 6.10 Å². The fourth-order valence-electron chi connectivity index (χ4n) is 2.70. The minimum atomic E-state index is -0.447. The maximum absolute atomic E-state index is 12.4.